The van der Waals surface area contributed by atoms with Crippen molar-refractivity contribution in [2.24, 2.45) is 0 Å². The summed E-state index contributed by atoms with van der Waals surface area (Å²) in [5, 5.41) is 21.7. The number of benzene rings is 1. The van der Waals surface area contributed by atoms with Crippen molar-refractivity contribution in [1.82, 2.24) is 0 Å². The number of fused-ring (bicyclic) bond motifs is 1. The predicted molar refractivity (Wildman–Crippen MR) is 91.4 cm³/mol. The first-order valence-electron chi connectivity index (χ1n) is 7.29. The first-order valence-corrected chi connectivity index (χ1v) is 8.48. The lowest BCUT2D eigenvalue weighted by atomic mass is 10.1. The average molecular weight is 358 g/mol. The van der Waals surface area contributed by atoms with Crippen LogP contribution in [0.4, 0.5) is 5.00 Å². The number of anilines is 1. The molecule has 3 rings (SSSR count). The Bertz CT molecular complexity index is 892. The molecule has 0 unspecified atom stereocenters. The standard InChI is InChI=1S/C17H12ClN3O2S/c18-13-6-10(7-19)4-5-14(13)23-9-16(22)21-17-12(8-20)11-2-1-3-15(11)24-17/h4-6H,1-3,9H2,(H,21,22). The fourth-order valence-corrected chi connectivity index (χ4v) is 4.10. The van der Waals surface area contributed by atoms with E-state index in [9.17, 15) is 10.1 Å². The number of nitriles is 2. The Labute approximate surface area is 148 Å². The molecule has 0 saturated carbocycles. The van der Waals surface area contributed by atoms with E-state index in [4.69, 9.17) is 21.6 Å². The number of carbonyl (C=O) groups excluding carboxylic acids is 1. The van der Waals surface area contributed by atoms with Gasteiger partial charge in [0.15, 0.2) is 6.61 Å². The molecule has 1 heterocycles. The summed E-state index contributed by atoms with van der Waals surface area (Å²) < 4.78 is 5.39. The summed E-state index contributed by atoms with van der Waals surface area (Å²) in [6.45, 7) is -0.223. The van der Waals surface area contributed by atoms with E-state index >= 15 is 0 Å². The lowest BCUT2D eigenvalue weighted by Gasteiger charge is -2.08. The maximum Gasteiger partial charge on any atom is 0.262 e. The molecule has 0 bridgehead atoms. The van der Waals surface area contributed by atoms with Crippen LogP contribution in [0.3, 0.4) is 0 Å². The molecule has 1 amide bonds. The lowest BCUT2D eigenvalue weighted by molar-refractivity contribution is -0.118. The van der Waals surface area contributed by atoms with Gasteiger partial charge >= 0.3 is 0 Å². The molecule has 2 aromatic rings. The van der Waals surface area contributed by atoms with Gasteiger partial charge in [0.05, 0.1) is 22.2 Å². The Morgan fingerprint density at radius 3 is 2.88 bits per heavy atom. The monoisotopic (exact) mass is 357 g/mol. The van der Waals surface area contributed by atoms with Crippen LogP contribution in [0.1, 0.15) is 28.0 Å². The second kappa shape index (κ2) is 6.92. The number of thiophene rings is 1. The molecule has 0 aliphatic heterocycles. The van der Waals surface area contributed by atoms with Crippen LogP contribution in [-0.2, 0) is 17.6 Å². The van der Waals surface area contributed by atoms with Crippen molar-refractivity contribution < 1.29 is 9.53 Å². The van der Waals surface area contributed by atoms with E-state index in [1.165, 1.54) is 22.3 Å². The van der Waals surface area contributed by atoms with Crippen molar-refractivity contribution in [2.75, 3.05) is 11.9 Å². The minimum atomic E-state index is -0.355. The molecular weight excluding hydrogens is 346 g/mol. The number of nitrogens with one attached hydrogen (secondary N) is 1. The van der Waals surface area contributed by atoms with Gasteiger partial charge in [-0.15, -0.1) is 11.3 Å². The molecule has 1 aliphatic carbocycles. The summed E-state index contributed by atoms with van der Waals surface area (Å²) in [5.41, 5.74) is 2.05. The van der Waals surface area contributed by atoms with Gasteiger partial charge < -0.3 is 10.1 Å². The Hall–Kier alpha value is -2.54. The number of ether oxygens (including phenoxy) is 1. The fourth-order valence-electron chi connectivity index (χ4n) is 2.60. The molecule has 1 N–H and O–H groups in total. The van der Waals surface area contributed by atoms with E-state index in [0.29, 0.717) is 21.9 Å². The van der Waals surface area contributed by atoms with E-state index in [-0.39, 0.29) is 17.5 Å². The third-order valence-corrected chi connectivity index (χ3v) is 5.21. The van der Waals surface area contributed by atoms with Crippen molar-refractivity contribution in [3.8, 4) is 17.9 Å². The molecule has 0 spiro atoms. The number of halogens is 1. The summed E-state index contributed by atoms with van der Waals surface area (Å²) in [7, 11) is 0. The minimum Gasteiger partial charge on any atom is -0.482 e. The third kappa shape index (κ3) is 3.21. The summed E-state index contributed by atoms with van der Waals surface area (Å²) in [6.07, 6.45) is 2.91. The molecule has 0 fully saturated rings. The molecule has 24 heavy (non-hydrogen) atoms. The second-order valence-electron chi connectivity index (χ2n) is 5.27. The topological polar surface area (TPSA) is 85.9 Å². The predicted octanol–water partition coefficient (Wildman–Crippen LogP) is 3.65. The molecule has 1 aliphatic rings. The van der Waals surface area contributed by atoms with Gasteiger partial charge in [0.1, 0.15) is 16.8 Å². The summed E-state index contributed by atoms with van der Waals surface area (Å²) in [5.74, 6) is -0.0214. The third-order valence-electron chi connectivity index (χ3n) is 3.71. The number of carbonyl (C=O) groups is 1. The Morgan fingerprint density at radius 2 is 2.17 bits per heavy atom. The van der Waals surface area contributed by atoms with Gasteiger partial charge in [-0.2, -0.15) is 10.5 Å². The fraction of sp³-hybridized carbons (Fsp3) is 0.235. The van der Waals surface area contributed by atoms with Gasteiger partial charge in [-0.3, -0.25) is 4.79 Å². The van der Waals surface area contributed by atoms with Crippen LogP contribution in [-0.4, -0.2) is 12.5 Å². The van der Waals surface area contributed by atoms with Crippen LogP contribution in [0.15, 0.2) is 18.2 Å². The van der Waals surface area contributed by atoms with E-state index in [1.54, 1.807) is 12.1 Å². The Balaban J connectivity index is 1.65. The Morgan fingerprint density at radius 1 is 1.33 bits per heavy atom. The van der Waals surface area contributed by atoms with Gasteiger partial charge in [-0.25, -0.2) is 0 Å². The highest BCUT2D eigenvalue weighted by molar-refractivity contribution is 7.16. The maximum absolute atomic E-state index is 12.1. The number of rotatable bonds is 4. The van der Waals surface area contributed by atoms with Gasteiger partial charge in [0.25, 0.3) is 5.91 Å². The largest absolute Gasteiger partial charge is 0.482 e. The zero-order valence-corrected chi connectivity index (χ0v) is 14.1. The maximum atomic E-state index is 12.1. The van der Waals surface area contributed by atoms with Crippen molar-refractivity contribution in [1.29, 1.82) is 10.5 Å². The molecule has 120 valence electrons. The summed E-state index contributed by atoms with van der Waals surface area (Å²) in [6, 6.07) is 8.75. The molecule has 0 saturated heterocycles. The van der Waals surface area contributed by atoms with E-state index in [1.807, 2.05) is 6.07 Å². The highest BCUT2D eigenvalue weighted by Crippen LogP contribution is 2.38. The first kappa shape index (κ1) is 16.3. The van der Waals surface area contributed by atoms with Crippen molar-refractivity contribution in [2.45, 2.75) is 19.3 Å². The number of hydrogen-bond donors (Lipinski definition) is 1. The molecule has 1 aromatic carbocycles. The van der Waals surface area contributed by atoms with Crippen LogP contribution in [0.5, 0.6) is 5.75 Å². The molecule has 0 atom stereocenters. The van der Waals surface area contributed by atoms with Crippen LogP contribution < -0.4 is 10.1 Å². The molecule has 7 heteroatoms. The van der Waals surface area contributed by atoms with Crippen LogP contribution in [0.2, 0.25) is 5.02 Å². The van der Waals surface area contributed by atoms with Crippen LogP contribution in [0.25, 0.3) is 0 Å². The molecule has 0 radical (unpaired) electrons. The minimum absolute atomic E-state index is 0.223. The number of aryl methyl sites for hydroxylation is 1. The first-order chi connectivity index (χ1) is 11.6. The number of nitrogens with zero attached hydrogens (tertiary/aromatic N) is 2. The number of amides is 1. The smallest absolute Gasteiger partial charge is 0.262 e. The van der Waals surface area contributed by atoms with E-state index in [0.717, 1.165) is 24.8 Å². The second-order valence-corrected chi connectivity index (χ2v) is 6.78. The molecule has 1 aromatic heterocycles. The zero-order chi connectivity index (χ0) is 17.1. The van der Waals surface area contributed by atoms with Crippen LogP contribution >= 0.6 is 22.9 Å². The number of hydrogen-bond acceptors (Lipinski definition) is 5. The molecule has 5 nitrogen and oxygen atoms in total. The SMILES string of the molecule is N#Cc1ccc(OCC(=O)Nc2sc3c(c2C#N)CCC3)c(Cl)c1. The van der Waals surface area contributed by atoms with E-state index in [2.05, 4.69) is 11.4 Å². The van der Waals surface area contributed by atoms with Gasteiger partial charge in [-0.05, 0) is 43.0 Å². The van der Waals surface area contributed by atoms with E-state index < -0.39 is 0 Å². The summed E-state index contributed by atoms with van der Waals surface area (Å²) in [4.78, 5) is 13.3. The Kier molecular flexibility index (Phi) is 4.71. The van der Waals surface area contributed by atoms with Crippen molar-refractivity contribution in [3.05, 3.63) is 44.8 Å². The lowest BCUT2D eigenvalue weighted by Crippen LogP contribution is -2.20. The highest BCUT2D eigenvalue weighted by atomic mass is 35.5. The van der Waals surface area contributed by atoms with Gasteiger partial charge in [0.2, 0.25) is 0 Å². The molecular formula is C17H12ClN3O2S. The van der Waals surface area contributed by atoms with Gasteiger partial charge in [0, 0.05) is 4.88 Å². The van der Waals surface area contributed by atoms with Crippen molar-refractivity contribution >= 4 is 33.8 Å². The van der Waals surface area contributed by atoms with Crippen molar-refractivity contribution in [3.63, 3.8) is 0 Å². The normalized spacial score (nSPS) is 12.1. The quantitative estimate of drug-likeness (QED) is 0.904. The zero-order valence-electron chi connectivity index (χ0n) is 12.6. The average Bonchev–Trinajstić information content (AvgIpc) is 3.14. The highest BCUT2D eigenvalue weighted by Gasteiger charge is 2.23. The van der Waals surface area contributed by atoms with Gasteiger partial charge in [-0.1, -0.05) is 11.6 Å². The summed E-state index contributed by atoms with van der Waals surface area (Å²) >= 11 is 7.46. The van der Waals surface area contributed by atoms with Crippen LogP contribution in [0, 0.1) is 22.7 Å².